The lowest BCUT2D eigenvalue weighted by atomic mass is 10.0. The predicted molar refractivity (Wildman–Crippen MR) is 67.9 cm³/mol. The Morgan fingerprint density at radius 1 is 1.29 bits per heavy atom. The summed E-state index contributed by atoms with van der Waals surface area (Å²) in [5.74, 6) is -0.942. The van der Waals surface area contributed by atoms with Crippen molar-refractivity contribution >= 4 is 22.9 Å². The second-order valence-corrected chi connectivity index (χ2v) is 3.92. The Morgan fingerprint density at radius 3 is 2.71 bits per heavy atom. The topological polar surface area (TPSA) is 50.2 Å². The van der Waals surface area contributed by atoms with E-state index in [1.54, 1.807) is 6.08 Å². The number of aliphatic carboxylic acids is 1. The van der Waals surface area contributed by atoms with Crippen molar-refractivity contribution in [1.82, 2.24) is 4.98 Å². The zero-order valence-electron chi connectivity index (χ0n) is 9.77. The summed E-state index contributed by atoms with van der Waals surface area (Å²) < 4.78 is 0. The smallest absolute Gasteiger partial charge is 0.328 e. The maximum absolute atomic E-state index is 10.6. The van der Waals surface area contributed by atoms with Crippen LogP contribution in [0.5, 0.6) is 0 Å². The molecular weight excluding hydrogens is 214 g/mol. The normalized spacial score (nSPS) is 11.2. The lowest BCUT2D eigenvalue weighted by Crippen LogP contribution is -1.94. The van der Waals surface area contributed by atoms with E-state index in [9.17, 15) is 4.79 Å². The van der Waals surface area contributed by atoms with Crippen LogP contribution >= 0.6 is 0 Å². The third-order valence-electron chi connectivity index (χ3n) is 2.82. The van der Waals surface area contributed by atoms with Gasteiger partial charge in [0.25, 0.3) is 0 Å². The largest absolute Gasteiger partial charge is 0.478 e. The summed E-state index contributed by atoms with van der Waals surface area (Å²) in [7, 11) is 0. The maximum Gasteiger partial charge on any atom is 0.328 e. The van der Waals surface area contributed by atoms with Gasteiger partial charge in [-0.3, -0.25) is 4.98 Å². The number of hydrogen-bond donors (Lipinski definition) is 1. The van der Waals surface area contributed by atoms with E-state index in [0.29, 0.717) is 0 Å². The molecule has 0 aliphatic heterocycles. The monoisotopic (exact) mass is 227 g/mol. The number of aryl methyl sites for hydroxylation is 1. The van der Waals surface area contributed by atoms with Crippen molar-refractivity contribution in [2.45, 2.75) is 13.8 Å². The van der Waals surface area contributed by atoms with Crippen LogP contribution in [0.3, 0.4) is 0 Å². The molecule has 0 spiro atoms. The molecule has 0 saturated heterocycles. The lowest BCUT2D eigenvalue weighted by molar-refractivity contribution is -0.131. The highest BCUT2D eigenvalue weighted by Gasteiger charge is 2.06. The van der Waals surface area contributed by atoms with Gasteiger partial charge in [-0.15, -0.1) is 0 Å². The van der Waals surface area contributed by atoms with E-state index >= 15 is 0 Å². The molecule has 0 aliphatic carbocycles. The molecule has 1 N–H and O–H groups in total. The molecule has 0 aliphatic rings. The quantitative estimate of drug-likeness (QED) is 0.802. The predicted octanol–water partition coefficient (Wildman–Crippen LogP) is 2.95. The first-order valence-electron chi connectivity index (χ1n) is 5.36. The first-order valence-corrected chi connectivity index (χ1v) is 5.36. The fourth-order valence-electron chi connectivity index (χ4n) is 1.83. The lowest BCUT2D eigenvalue weighted by Gasteiger charge is -2.08. The number of nitrogens with zero attached hydrogens (tertiary/aromatic N) is 1. The van der Waals surface area contributed by atoms with E-state index in [1.165, 1.54) is 0 Å². The van der Waals surface area contributed by atoms with Gasteiger partial charge in [0, 0.05) is 17.2 Å². The highest BCUT2D eigenvalue weighted by atomic mass is 16.4. The summed E-state index contributed by atoms with van der Waals surface area (Å²) in [5, 5.41) is 9.68. The summed E-state index contributed by atoms with van der Waals surface area (Å²) in [5.41, 5.74) is 3.76. The van der Waals surface area contributed by atoms with Gasteiger partial charge in [-0.2, -0.15) is 0 Å². The average molecular weight is 227 g/mol. The number of aromatic nitrogens is 1. The van der Waals surface area contributed by atoms with Gasteiger partial charge in [0.15, 0.2) is 0 Å². The number of fused-ring (bicyclic) bond motifs is 1. The van der Waals surface area contributed by atoms with Crippen LogP contribution in [0.2, 0.25) is 0 Å². The SMILES string of the molecule is Cc1nc2ccccc2c(/C=C/C(=O)O)c1C. The first-order chi connectivity index (χ1) is 8.09. The van der Waals surface area contributed by atoms with Crippen molar-refractivity contribution in [1.29, 1.82) is 0 Å². The molecule has 86 valence electrons. The Morgan fingerprint density at radius 2 is 2.00 bits per heavy atom. The number of pyridine rings is 1. The van der Waals surface area contributed by atoms with Crippen LogP contribution in [0.4, 0.5) is 0 Å². The number of carboxylic acids is 1. The minimum Gasteiger partial charge on any atom is -0.478 e. The van der Waals surface area contributed by atoms with Crippen molar-refractivity contribution < 1.29 is 9.90 Å². The molecule has 0 fully saturated rings. The molecule has 0 saturated carbocycles. The Balaban J connectivity index is 2.74. The first kappa shape index (κ1) is 11.3. The Kier molecular flexibility index (Phi) is 2.91. The van der Waals surface area contributed by atoms with Crippen LogP contribution in [0.15, 0.2) is 30.3 Å². The van der Waals surface area contributed by atoms with Gasteiger partial charge >= 0.3 is 5.97 Å². The summed E-state index contributed by atoms with van der Waals surface area (Å²) >= 11 is 0. The van der Waals surface area contributed by atoms with Gasteiger partial charge in [0.2, 0.25) is 0 Å². The van der Waals surface area contributed by atoms with E-state index < -0.39 is 5.97 Å². The Bertz CT molecular complexity index is 615. The molecule has 17 heavy (non-hydrogen) atoms. The minimum atomic E-state index is -0.942. The summed E-state index contributed by atoms with van der Waals surface area (Å²) in [6.07, 6.45) is 2.79. The molecule has 2 rings (SSSR count). The van der Waals surface area contributed by atoms with E-state index in [-0.39, 0.29) is 0 Å². The third kappa shape index (κ3) is 2.18. The second-order valence-electron chi connectivity index (χ2n) is 3.92. The van der Waals surface area contributed by atoms with Gasteiger partial charge in [-0.25, -0.2) is 4.79 Å². The minimum absolute atomic E-state index is 0.889. The van der Waals surface area contributed by atoms with Crippen LogP contribution in [-0.2, 0) is 4.79 Å². The second kappa shape index (κ2) is 4.37. The number of hydrogen-bond acceptors (Lipinski definition) is 2. The molecule has 0 amide bonds. The molecule has 1 aromatic heterocycles. The number of para-hydroxylation sites is 1. The molecule has 3 heteroatoms. The van der Waals surface area contributed by atoms with E-state index in [2.05, 4.69) is 4.98 Å². The molecule has 0 bridgehead atoms. The van der Waals surface area contributed by atoms with E-state index in [1.807, 2.05) is 38.1 Å². The van der Waals surface area contributed by atoms with Gasteiger partial charge in [0.1, 0.15) is 0 Å². The van der Waals surface area contributed by atoms with Gasteiger partial charge in [-0.05, 0) is 37.1 Å². The molecule has 3 nitrogen and oxygen atoms in total. The van der Waals surface area contributed by atoms with E-state index in [4.69, 9.17) is 5.11 Å². The van der Waals surface area contributed by atoms with Crippen molar-refractivity contribution in [3.8, 4) is 0 Å². The highest BCUT2D eigenvalue weighted by Crippen LogP contribution is 2.23. The molecule has 1 aromatic carbocycles. The zero-order valence-corrected chi connectivity index (χ0v) is 9.77. The fraction of sp³-hybridized carbons (Fsp3) is 0.143. The van der Waals surface area contributed by atoms with Crippen molar-refractivity contribution in [3.63, 3.8) is 0 Å². The number of benzene rings is 1. The molecular formula is C14H13NO2. The summed E-state index contributed by atoms with van der Waals surface area (Å²) in [4.78, 5) is 15.1. The molecule has 1 heterocycles. The average Bonchev–Trinajstić information content (AvgIpc) is 2.29. The Labute approximate surface area is 99.4 Å². The number of carbonyl (C=O) groups is 1. The summed E-state index contributed by atoms with van der Waals surface area (Å²) in [6.45, 7) is 3.89. The van der Waals surface area contributed by atoms with Crippen LogP contribution < -0.4 is 0 Å². The van der Waals surface area contributed by atoms with Crippen molar-refractivity contribution in [2.24, 2.45) is 0 Å². The molecule has 0 unspecified atom stereocenters. The number of rotatable bonds is 2. The number of carboxylic acid groups (broad SMARTS) is 1. The highest BCUT2D eigenvalue weighted by molar-refractivity contribution is 5.93. The maximum atomic E-state index is 10.6. The van der Waals surface area contributed by atoms with Crippen LogP contribution in [-0.4, -0.2) is 16.1 Å². The van der Waals surface area contributed by atoms with Gasteiger partial charge < -0.3 is 5.11 Å². The Hall–Kier alpha value is -2.16. The van der Waals surface area contributed by atoms with Crippen LogP contribution in [0.1, 0.15) is 16.8 Å². The summed E-state index contributed by atoms with van der Waals surface area (Å²) in [6, 6.07) is 7.74. The molecule has 0 radical (unpaired) electrons. The van der Waals surface area contributed by atoms with E-state index in [0.717, 1.165) is 33.8 Å². The third-order valence-corrected chi connectivity index (χ3v) is 2.82. The van der Waals surface area contributed by atoms with Gasteiger partial charge in [0.05, 0.1) is 5.52 Å². The standard InChI is InChI=1S/C14H13NO2/c1-9-10(2)15-13-6-4-3-5-12(13)11(9)7-8-14(16)17/h3-8H,1-2H3,(H,16,17)/b8-7+. The van der Waals surface area contributed by atoms with Crippen LogP contribution in [0.25, 0.3) is 17.0 Å². The van der Waals surface area contributed by atoms with Crippen molar-refractivity contribution in [3.05, 3.63) is 47.2 Å². The van der Waals surface area contributed by atoms with Gasteiger partial charge in [-0.1, -0.05) is 18.2 Å². The fourth-order valence-corrected chi connectivity index (χ4v) is 1.83. The molecule has 0 atom stereocenters. The van der Waals surface area contributed by atoms with Crippen LogP contribution in [0, 0.1) is 13.8 Å². The zero-order chi connectivity index (χ0) is 12.4. The molecule has 2 aromatic rings. The van der Waals surface area contributed by atoms with Crippen molar-refractivity contribution in [2.75, 3.05) is 0 Å².